The Hall–Kier alpha value is -2.02. The lowest BCUT2D eigenvalue weighted by Gasteiger charge is -2.40. The molecule has 0 aliphatic carbocycles. The van der Waals surface area contributed by atoms with Gasteiger partial charge in [-0.05, 0) is 49.9 Å². The molecule has 1 unspecified atom stereocenters. The van der Waals surface area contributed by atoms with Crippen molar-refractivity contribution in [1.82, 2.24) is 20.0 Å². The molecule has 0 spiro atoms. The van der Waals surface area contributed by atoms with Crippen molar-refractivity contribution < 1.29 is 9.21 Å². The lowest BCUT2D eigenvalue weighted by Crippen LogP contribution is -2.56. The van der Waals surface area contributed by atoms with Gasteiger partial charge in [-0.15, -0.1) is 0 Å². The quantitative estimate of drug-likeness (QED) is 0.604. The average molecular weight is 404 g/mol. The van der Waals surface area contributed by atoms with Gasteiger partial charge < -0.3 is 19.5 Å². The zero-order valence-electron chi connectivity index (χ0n) is 18.4. The first kappa shape index (κ1) is 21.7. The lowest BCUT2D eigenvalue weighted by molar-refractivity contribution is 0.0656. The van der Waals surface area contributed by atoms with Gasteiger partial charge in [-0.25, -0.2) is 0 Å². The van der Waals surface area contributed by atoms with Crippen LogP contribution in [0, 0.1) is 11.8 Å². The fraction of sp³-hybridized carbons (Fsp3) is 0.727. The fourth-order valence-electron chi connectivity index (χ4n) is 4.35. The molecule has 2 fully saturated rings. The minimum atomic E-state index is -0.0307. The van der Waals surface area contributed by atoms with Gasteiger partial charge in [0, 0.05) is 45.8 Å². The van der Waals surface area contributed by atoms with E-state index in [9.17, 15) is 4.79 Å². The summed E-state index contributed by atoms with van der Waals surface area (Å²) < 4.78 is 5.25. The van der Waals surface area contributed by atoms with Crippen LogP contribution in [-0.2, 0) is 0 Å². The normalized spacial score (nSPS) is 20.9. The number of rotatable bonds is 5. The molecule has 3 rings (SSSR count). The summed E-state index contributed by atoms with van der Waals surface area (Å²) in [5, 5.41) is 3.61. The molecule has 0 saturated carbocycles. The number of amides is 1. The summed E-state index contributed by atoms with van der Waals surface area (Å²) in [4.78, 5) is 23.7. The molecule has 0 aromatic carbocycles. The van der Waals surface area contributed by atoms with Crippen LogP contribution in [0.2, 0.25) is 0 Å². The summed E-state index contributed by atoms with van der Waals surface area (Å²) in [5.74, 6) is 2.76. The maximum Gasteiger partial charge on any atom is 0.289 e. The van der Waals surface area contributed by atoms with E-state index in [0.717, 1.165) is 31.5 Å². The van der Waals surface area contributed by atoms with Gasteiger partial charge in [0.2, 0.25) is 0 Å². The molecule has 1 aromatic rings. The van der Waals surface area contributed by atoms with Gasteiger partial charge in [-0.3, -0.25) is 14.7 Å². The zero-order valence-corrected chi connectivity index (χ0v) is 18.4. The van der Waals surface area contributed by atoms with E-state index >= 15 is 0 Å². The summed E-state index contributed by atoms with van der Waals surface area (Å²) in [6.45, 7) is 13.2. The Kier molecular flexibility index (Phi) is 7.58. The number of aliphatic imine (C=N–C) groups is 1. The number of piperidine rings is 1. The van der Waals surface area contributed by atoms with Gasteiger partial charge in [0.25, 0.3) is 5.91 Å². The highest BCUT2D eigenvalue weighted by molar-refractivity contribution is 5.91. The molecule has 2 saturated heterocycles. The van der Waals surface area contributed by atoms with Crippen LogP contribution in [0.4, 0.5) is 0 Å². The van der Waals surface area contributed by atoms with E-state index in [1.807, 2.05) is 11.9 Å². The van der Waals surface area contributed by atoms with Gasteiger partial charge in [0.05, 0.1) is 6.26 Å². The second-order valence-corrected chi connectivity index (χ2v) is 8.71. The largest absolute Gasteiger partial charge is 0.459 e. The SMILES string of the molecule is CN=C(NCC(C(C)C)N1CCC(C)CC1)N1CCN(C(=O)c2ccco2)CC1. The second-order valence-electron chi connectivity index (χ2n) is 8.71. The van der Waals surface area contributed by atoms with Crippen molar-refractivity contribution in [1.29, 1.82) is 0 Å². The molecule has 2 aliphatic rings. The van der Waals surface area contributed by atoms with Crippen LogP contribution in [0.3, 0.4) is 0 Å². The summed E-state index contributed by atoms with van der Waals surface area (Å²) in [5.41, 5.74) is 0. The van der Waals surface area contributed by atoms with Crippen LogP contribution in [0.25, 0.3) is 0 Å². The van der Waals surface area contributed by atoms with Gasteiger partial charge in [-0.1, -0.05) is 20.8 Å². The molecule has 1 aromatic heterocycles. The molecule has 162 valence electrons. The van der Waals surface area contributed by atoms with Gasteiger partial charge in [0.1, 0.15) is 0 Å². The highest BCUT2D eigenvalue weighted by Gasteiger charge is 2.28. The molecule has 1 N–H and O–H groups in total. The summed E-state index contributed by atoms with van der Waals surface area (Å²) >= 11 is 0. The number of nitrogens with one attached hydrogen (secondary N) is 1. The van der Waals surface area contributed by atoms with Crippen LogP contribution in [0.5, 0.6) is 0 Å². The monoisotopic (exact) mass is 403 g/mol. The Bertz CT molecular complexity index is 657. The molecule has 7 nitrogen and oxygen atoms in total. The predicted molar refractivity (Wildman–Crippen MR) is 116 cm³/mol. The highest BCUT2D eigenvalue weighted by Crippen LogP contribution is 2.21. The van der Waals surface area contributed by atoms with Crippen molar-refractivity contribution in [3.8, 4) is 0 Å². The Balaban J connectivity index is 1.50. The smallest absolute Gasteiger partial charge is 0.289 e. The Labute approximate surface area is 175 Å². The van der Waals surface area contributed by atoms with Crippen LogP contribution in [0.15, 0.2) is 27.8 Å². The zero-order chi connectivity index (χ0) is 20.8. The molecule has 1 atom stereocenters. The highest BCUT2D eigenvalue weighted by atomic mass is 16.3. The topological polar surface area (TPSA) is 64.3 Å². The molecule has 0 bridgehead atoms. The number of likely N-dealkylation sites (tertiary alicyclic amines) is 1. The first-order valence-electron chi connectivity index (χ1n) is 11.0. The summed E-state index contributed by atoms with van der Waals surface area (Å²) in [6, 6.07) is 3.99. The molecule has 0 radical (unpaired) electrons. The van der Waals surface area contributed by atoms with E-state index < -0.39 is 0 Å². The van der Waals surface area contributed by atoms with Crippen molar-refractivity contribution in [2.45, 2.75) is 39.7 Å². The second kappa shape index (κ2) is 10.1. The van der Waals surface area contributed by atoms with Crippen LogP contribution in [0.1, 0.15) is 44.2 Å². The molecule has 3 heterocycles. The van der Waals surface area contributed by atoms with Gasteiger partial charge in [0.15, 0.2) is 11.7 Å². The number of carbonyl (C=O) groups is 1. The number of hydrogen-bond acceptors (Lipinski definition) is 4. The van der Waals surface area contributed by atoms with E-state index in [0.29, 0.717) is 30.8 Å². The van der Waals surface area contributed by atoms with E-state index in [4.69, 9.17) is 4.42 Å². The first-order chi connectivity index (χ1) is 14.0. The molecule has 7 heteroatoms. The van der Waals surface area contributed by atoms with Crippen molar-refractivity contribution >= 4 is 11.9 Å². The molecule has 1 amide bonds. The fourth-order valence-corrected chi connectivity index (χ4v) is 4.35. The standard InChI is InChI=1S/C22H37N5O2/c1-17(2)19(25-9-7-18(3)8-10-25)16-24-22(23-4)27-13-11-26(12-14-27)21(28)20-6-5-15-29-20/h5-6,15,17-19H,7-14,16H2,1-4H3,(H,23,24). The minimum Gasteiger partial charge on any atom is -0.459 e. The van der Waals surface area contributed by atoms with Crippen molar-refractivity contribution in [2.24, 2.45) is 16.8 Å². The van der Waals surface area contributed by atoms with E-state index in [-0.39, 0.29) is 5.91 Å². The number of hydrogen-bond donors (Lipinski definition) is 1. The van der Waals surface area contributed by atoms with Crippen molar-refractivity contribution in [3.63, 3.8) is 0 Å². The maximum absolute atomic E-state index is 12.5. The maximum atomic E-state index is 12.5. The van der Waals surface area contributed by atoms with Gasteiger partial charge in [-0.2, -0.15) is 0 Å². The molecular weight excluding hydrogens is 366 g/mol. The van der Waals surface area contributed by atoms with E-state index in [1.165, 1.54) is 25.9 Å². The average Bonchev–Trinajstić information content (AvgIpc) is 3.27. The Morgan fingerprint density at radius 3 is 2.38 bits per heavy atom. The van der Waals surface area contributed by atoms with E-state index in [2.05, 4.69) is 40.9 Å². The number of piperazine rings is 1. The van der Waals surface area contributed by atoms with Crippen LogP contribution >= 0.6 is 0 Å². The van der Waals surface area contributed by atoms with Crippen molar-refractivity contribution in [2.75, 3.05) is 52.9 Å². The molecule has 29 heavy (non-hydrogen) atoms. The first-order valence-corrected chi connectivity index (χ1v) is 11.0. The summed E-state index contributed by atoms with van der Waals surface area (Å²) in [6.07, 6.45) is 4.14. The predicted octanol–water partition coefficient (Wildman–Crippen LogP) is 2.37. The van der Waals surface area contributed by atoms with Crippen molar-refractivity contribution in [3.05, 3.63) is 24.2 Å². The lowest BCUT2D eigenvalue weighted by atomic mass is 9.94. The number of carbonyl (C=O) groups excluding carboxylic acids is 1. The summed E-state index contributed by atoms with van der Waals surface area (Å²) in [7, 11) is 1.84. The Morgan fingerprint density at radius 2 is 1.83 bits per heavy atom. The van der Waals surface area contributed by atoms with Gasteiger partial charge >= 0.3 is 0 Å². The number of guanidine groups is 1. The third-order valence-electron chi connectivity index (χ3n) is 6.34. The third kappa shape index (κ3) is 5.53. The minimum absolute atomic E-state index is 0.0307. The molecular formula is C22H37N5O2. The molecule has 2 aliphatic heterocycles. The Morgan fingerprint density at radius 1 is 1.17 bits per heavy atom. The van der Waals surface area contributed by atoms with E-state index in [1.54, 1.807) is 18.4 Å². The van der Waals surface area contributed by atoms with Crippen LogP contribution in [-0.4, -0.2) is 85.5 Å². The third-order valence-corrected chi connectivity index (χ3v) is 6.34. The van der Waals surface area contributed by atoms with Crippen LogP contribution < -0.4 is 5.32 Å². The number of nitrogens with zero attached hydrogens (tertiary/aromatic N) is 4. The number of furan rings is 1.